The summed E-state index contributed by atoms with van der Waals surface area (Å²) in [7, 11) is -3.53. The van der Waals surface area contributed by atoms with Gasteiger partial charge in [-0.25, -0.2) is 8.42 Å². The van der Waals surface area contributed by atoms with Crippen LogP contribution in [0.4, 0.5) is 0 Å². The zero-order valence-electron chi connectivity index (χ0n) is 13.6. The van der Waals surface area contributed by atoms with Gasteiger partial charge in [-0.15, -0.1) is 6.58 Å². The van der Waals surface area contributed by atoms with Crippen LogP contribution in [0.25, 0.3) is 0 Å². The fourth-order valence-electron chi connectivity index (χ4n) is 4.01. The molecule has 0 amide bonds. The van der Waals surface area contributed by atoms with Gasteiger partial charge >= 0.3 is 5.97 Å². The van der Waals surface area contributed by atoms with E-state index in [0.717, 1.165) is 12.0 Å². The number of carboxylic acid groups (broad SMARTS) is 1. The van der Waals surface area contributed by atoms with Crippen molar-refractivity contribution in [3.63, 3.8) is 0 Å². The summed E-state index contributed by atoms with van der Waals surface area (Å²) in [6.07, 6.45) is 4.35. The first-order valence-corrected chi connectivity index (χ1v) is 9.79. The third-order valence-electron chi connectivity index (χ3n) is 5.27. The summed E-state index contributed by atoms with van der Waals surface area (Å²) in [6, 6.07) is 7.13. The first-order valence-electron chi connectivity index (χ1n) is 8.35. The highest BCUT2D eigenvalue weighted by Gasteiger charge is 2.46. The molecule has 0 aromatic heterocycles. The number of sulfonamides is 1. The van der Waals surface area contributed by atoms with E-state index >= 15 is 0 Å². The Hall–Kier alpha value is -1.66. The van der Waals surface area contributed by atoms with Crippen molar-refractivity contribution in [1.82, 2.24) is 4.31 Å². The number of hydrogen-bond donors (Lipinski definition) is 1. The Bertz CT molecular complexity index is 729. The molecule has 1 aromatic carbocycles. The Kier molecular flexibility index (Phi) is 4.78. The number of allylic oxidation sites excluding steroid dienone is 1. The highest BCUT2D eigenvalue weighted by molar-refractivity contribution is 7.89. The largest absolute Gasteiger partial charge is 0.481 e. The Morgan fingerprint density at radius 1 is 1.25 bits per heavy atom. The minimum absolute atomic E-state index is 0.168. The van der Waals surface area contributed by atoms with Gasteiger partial charge in [0.2, 0.25) is 10.0 Å². The molecule has 1 aliphatic heterocycles. The fourth-order valence-corrected chi connectivity index (χ4v) is 5.82. The molecule has 6 heteroatoms. The van der Waals surface area contributed by atoms with E-state index in [1.165, 1.54) is 0 Å². The van der Waals surface area contributed by atoms with E-state index < -0.39 is 16.0 Å². The Morgan fingerprint density at radius 2 is 1.88 bits per heavy atom. The number of rotatable bonds is 6. The zero-order valence-corrected chi connectivity index (χ0v) is 14.4. The summed E-state index contributed by atoms with van der Waals surface area (Å²) in [6.45, 7) is 4.57. The molecule has 2 aliphatic rings. The van der Waals surface area contributed by atoms with Crippen LogP contribution in [0.3, 0.4) is 0 Å². The van der Waals surface area contributed by atoms with Gasteiger partial charge in [-0.3, -0.25) is 4.79 Å². The van der Waals surface area contributed by atoms with E-state index in [2.05, 4.69) is 6.58 Å². The lowest BCUT2D eigenvalue weighted by Crippen LogP contribution is -2.31. The van der Waals surface area contributed by atoms with E-state index in [9.17, 15) is 13.2 Å². The molecule has 0 spiro atoms. The molecule has 0 radical (unpaired) electrons. The van der Waals surface area contributed by atoms with Crippen molar-refractivity contribution < 1.29 is 18.3 Å². The molecule has 2 fully saturated rings. The minimum atomic E-state index is -3.53. The van der Waals surface area contributed by atoms with Crippen LogP contribution in [0, 0.1) is 17.8 Å². The van der Waals surface area contributed by atoms with E-state index in [-0.39, 0.29) is 17.8 Å². The summed E-state index contributed by atoms with van der Waals surface area (Å²) in [5, 5.41) is 9.15. The van der Waals surface area contributed by atoms with Gasteiger partial charge in [0.1, 0.15) is 0 Å². The fraction of sp³-hybridized carbons (Fsp3) is 0.500. The Balaban J connectivity index is 1.79. The molecule has 1 heterocycles. The zero-order chi connectivity index (χ0) is 17.3. The van der Waals surface area contributed by atoms with Crippen molar-refractivity contribution in [3.8, 4) is 0 Å². The monoisotopic (exact) mass is 349 g/mol. The molecular formula is C18H23NO4S. The maximum absolute atomic E-state index is 13.0. The molecule has 24 heavy (non-hydrogen) atoms. The first-order chi connectivity index (χ1) is 11.4. The van der Waals surface area contributed by atoms with Crippen molar-refractivity contribution in [2.24, 2.45) is 17.8 Å². The average Bonchev–Trinajstić information content (AvgIpc) is 3.12. The SMILES string of the molecule is C=CCCc1ccccc1S(=O)(=O)N1C[C@H]2CC(C(=O)O)C[C@H]2C1. The summed E-state index contributed by atoms with van der Waals surface area (Å²) in [5.41, 5.74) is 0.817. The molecule has 1 aromatic rings. The third kappa shape index (κ3) is 3.13. The molecule has 1 aliphatic carbocycles. The van der Waals surface area contributed by atoms with E-state index in [4.69, 9.17) is 5.11 Å². The van der Waals surface area contributed by atoms with E-state index in [1.54, 1.807) is 22.5 Å². The predicted octanol–water partition coefficient (Wildman–Crippen LogP) is 2.54. The summed E-state index contributed by atoms with van der Waals surface area (Å²) >= 11 is 0. The average molecular weight is 349 g/mol. The summed E-state index contributed by atoms with van der Waals surface area (Å²) in [5.74, 6) is -0.735. The number of aryl methyl sites for hydroxylation is 1. The molecule has 130 valence electrons. The third-order valence-corrected chi connectivity index (χ3v) is 7.21. The van der Waals surface area contributed by atoms with Crippen molar-refractivity contribution in [2.75, 3.05) is 13.1 Å². The highest BCUT2D eigenvalue weighted by atomic mass is 32.2. The van der Waals surface area contributed by atoms with Gasteiger partial charge in [0, 0.05) is 13.1 Å². The van der Waals surface area contributed by atoms with Gasteiger partial charge in [0.15, 0.2) is 0 Å². The second kappa shape index (κ2) is 6.69. The maximum Gasteiger partial charge on any atom is 0.306 e. The number of carboxylic acids is 1. The van der Waals surface area contributed by atoms with Crippen molar-refractivity contribution in [2.45, 2.75) is 30.6 Å². The molecular weight excluding hydrogens is 326 g/mol. The Morgan fingerprint density at radius 3 is 2.46 bits per heavy atom. The van der Waals surface area contributed by atoms with E-state index in [0.29, 0.717) is 37.2 Å². The number of nitrogens with zero attached hydrogens (tertiary/aromatic N) is 1. The van der Waals surface area contributed by atoms with Crippen LogP contribution >= 0.6 is 0 Å². The second-order valence-corrected chi connectivity index (χ2v) is 8.69. The Labute approximate surface area is 143 Å². The molecule has 1 saturated carbocycles. The molecule has 1 saturated heterocycles. The normalized spacial score (nSPS) is 27.1. The molecule has 1 N–H and O–H groups in total. The number of fused-ring (bicyclic) bond motifs is 1. The summed E-state index contributed by atoms with van der Waals surface area (Å²) < 4.78 is 27.6. The molecule has 3 atom stereocenters. The van der Waals surface area contributed by atoms with Crippen LogP contribution in [0.15, 0.2) is 41.8 Å². The number of benzene rings is 1. The van der Waals surface area contributed by atoms with Crippen LogP contribution < -0.4 is 0 Å². The van der Waals surface area contributed by atoms with Crippen molar-refractivity contribution >= 4 is 16.0 Å². The van der Waals surface area contributed by atoms with Crippen LogP contribution in [0.1, 0.15) is 24.8 Å². The lowest BCUT2D eigenvalue weighted by Gasteiger charge is -2.20. The molecule has 1 unspecified atom stereocenters. The van der Waals surface area contributed by atoms with Gasteiger partial charge in [0.05, 0.1) is 10.8 Å². The maximum atomic E-state index is 13.0. The van der Waals surface area contributed by atoms with Crippen LogP contribution in [-0.4, -0.2) is 36.9 Å². The van der Waals surface area contributed by atoms with Gasteiger partial charge in [-0.05, 0) is 49.1 Å². The van der Waals surface area contributed by atoms with Crippen LogP contribution in [0.5, 0.6) is 0 Å². The smallest absolute Gasteiger partial charge is 0.306 e. The topological polar surface area (TPSA) is 74.7 Å². The van der Waals surface area contributed by atoms with Crippen LogP contribution in [0.2, 0.25) is 0 Å². The highest BCUT2D eigenvalue weighted by Crippen LogP contribution is 2.43. The van der Waals surface area contributed by atoms with E-state index in [1.807, 2.05) is 12.1 Å². The molecule has 5 nitrogen and oxygen atoms in total. The predicted molar refractivity (Wildman–Crippen MR) is 91.1 cm³/mol. The summed E-state index contributed by atoms with van der Waals surface area (Å²) in [4.78, 5) is 11.5. The van der Waals surface area contributed by atoms with Crippen molar-refractivity contribution in [3.05, 3.63) is 42.5 Å². The lowest BCUT2D eigenvalue weighted by atomic mass is 10.0. The number of carbonyl (C=O) groups is 1. The first kappa shape index (κ1) is 17.2. The molecule has 0 bridgehead atoms. The minimum Gasteiger partial charge on any atom is -0.481 e. The van der Waals surface area contributed by atoms with Gasteiger partial charge in [-0.2, -0.15) is 4.31 Å². The van der Waals surface area contributed by atoms with Crippen LogP contribution in [-0.2, 0) is 21.2 Å². The lowest BCUT2D eigenvalue weighted by molar-refractivity contribution is -0.141. The second-order valence-electron chi connectivity index (χ2n) is 6.78. The number of aliphatic carboxylic acids is 1. The van der Waals surface area contributed by atoms with Gasteiger partial charge in [-0.1, -0.05) is 24.3 Å². The quantitative estimate of drug-likeness (QED) is 0.801. The number of hydrogen-bond acceptors (Lipinski definition) is 3. The van der Waals surface area contributed by atoms with Gasteiger partial charge < -0.3 is 5.11 Å². The van der Waals surface area contributed by atoms with Gasteiger partial charge in [0.25, 0.3) is 0 Å². The molecule has 3 rings (SSSR count). The van der Waals surface area contributed by atoms with Crippen molar-refractivity contribution in [1.29, 1.82) is 0 Å². The standard InChI is InChI=1S/C18H23NO4S/c1-2-3-6-13-7-4-5-8-17(13)24(22,23)19-11-15-9-14(18(20)21)10-16(15)12-19/h2,4-5,7-8,14-16H,1,3,6,9-12H2,(H,20,21)/t14?,15-,16+.